The average molecular weight is 529 g/mol. The number of hydrogen-bond acceptors (Lipinski definition) is 13. The summed E-state index contributed by atoms with van der Waals surface area (Å²) in [5.41, 5.74) is 3.13. The van der Waals surface area contributed by atoms with Gasteiger partial charge in [0.05, 0.1) is 36.2 Å². The molecule has 0 fully saturated rings. The summed E-state index contributed by atoms with van der Waals surface area (Å²) >= 11 is 3.00. The number of nitrogens with one attached hydrogen (secondary N) is 2. The number of thiazole rings is 2. The molecule has 0 spiro atoms. The van der Waals surface area contributed by atoms with E-state index in [1.807, 2.05) is 13.8 Å². The minimum absolute atomic E-state index is 0.165. The zero-order chi connectivity index (χ0) is 25.5. The zero-order valence-corrected chi connectivity index (χ0v) is 21.9. The summed E-state index contributed by atoms with van der Waals surface area (Å²) in [5, 5.41) is 7.64. The Kier molecular flexibility index (Phi) is 8.28. The van der Waals surface area contributed by atoms with Crippen LogP contribution in [0.5, 0.6) is 0 Å². The fraction of sp³-hybridized carbons (Fsp3) is 0.364. The van der Waals surface area contributed by atoms with Crippen LogP contribution in [-0.4, -0.2) is 62.3 Å². The molecule has 14 heteroatoms. The van der Waals surface area contributed by atoms with Gasteiger partial charge < -0.3 is 10.6 Å². The van der Waals surface area contributed by atoms with Crippen molar-refractivity contribution in [2.45, 2.75) is 26.7 Å². The van der Waals surface area contributed by atoms with Crippen LogP contribution in [0.25, 0.3) is 21.4 Å². The second-order valence-electron chi connectivity index (χ2n) is 7.52. The summed E-state index contributed by atoms with van der Waals surface area (Å²) in [7, 11) is 3.57. The normalized spacial score (nSPS) is 10.8. The molecule has 0 unspecified atom stereocenters. The third kappa shape index (κ3) is 6.26. The molecule has 0 radical (unpaired) electrons. The van der Waals surface area contributed by atoms with Crippen molar-refractivity contribution in [2.75, 3.05) is 37.9 Å². The van der Waals surface area contributed by atoms with Gasteiger partial charge in [-0.3, -0.25) is 9.97 Å². The van der Waals surface area contributed by atoms with Gasteiger partial charge in [-0.2, -0.15) is 9.68 Å². The lowest BCUT2D eigenvalue weighted by molar-refractivity contribution is -0.981. The third-order valence-corrected chi connectivity index (χ3v) is 7.54. The monoisotopic (exact) mass is 528 g/mol. The van der Waals surface area contributed by atoms with E-state index in [1.54, 1.807) is 38.9 Å². The molecule has 0 aliphatic carbocycles. The highest BCUT2D eigenvalue weighted by Gasteiger charge is 2.18. The van der Waals surface area contributed by atoms with Gasteiger partial charge in [-0.25, -0.2) is 19.9 Å². The Morgan fingerprint density at radius 3 is 1.61 bits per heavy atom. The molecule has 4 aromatic heterocycles. The predicted molar refractivity (Wildman–Crippen MR) is 138 cm³/mol. The Balaban J connectivity index is 1.24. The standard InChI is InChI=1S/C22H26N9O3S2/c1-13-17(35-21(27-13)15-9-25-11-19(23-3)29-15)5-7-33-31(32)34-8-6-18-14(2)28-22(36-18)16-10-26-12-20(24-4)30-16/h9-12H,5-8H2,1-4H3,(H,23,29)(H,24,30)/q+1. The molecule has 0 aromatic carbocycles. The van der Waals surface area contributed by atoms with Crippen molar-refractivity contribution in [1.29, 1.82) is 0 Å². The van der Waals surface area contributed by atoms with E-state index in [2.05, 4.69) is 40.5 Å². The predicted octanol–water partition coefficient (Wildman–Crippen LogP) is 3.64. The van der Waals surface area contributed by atoms with Crippen LogP contribution in [0.2, 0.25) is 0 Å². The first kappa shape index (κ1) is 25.3. The largest absolute Gasteiger partial charge is 0.477 e. The van der Waals surface area contributed by atoms with Crippen LogP contribution in [0.4, 0.5) is 11.6 Å². The van der Waals surface area contributed by atoms with Crippen LogP contribution in [0.1, 0.15) is 21.1 Å². The number of hydrogen-bond donors (Lipinski definition) is 2. The second kappa shape index (κ2) is 11.8. The van der Waals surface area contributed by atoms with E-state index in [0.29, 0.717) is 35.9 Å². The molecular weight excluding hydrogens is 502 g/mol. The summed E-state index contributed by atoms with van der Waals surface area (Å²) in [4.78, 5) is 50.8. The molecule has 188 valence electrons. The quantitative estimate of drug-likeness (QED) is 0.260. The summed E-state index contributed by atoms with van der Waals surface area (Å²) in [6, 6.07) is 0. The van der Waals surface area contributed by atoms with Gasteiger partial charge >= 0.3 is 5.09 Å². The van der Waals surface area contributed by atoms with Crippen molar-refractivity contribution in [1.82, 2.24) is 29.9 Å². The molecule has 12 nitrogen and oxygen atoms in total. The molecule has 4 heterocycles. The maximum Gasteiger partial charge on any atom is 0.477 e. The molecule has 0 aliphatic heterocycles. The fourth-order valence-corrected chi connectivity index (χ4v) is 5.18. The molecule has 36 heavy (non-hydrogen) atoms. The van der Waals surface area contributed by atoms with Crippen LogP contribution < -0.4 is 10.6 Å². The van der Waals surface area contributed by atoms with E-state index in [0.717, 1.165) is 31.2 Å². The Hall–Kier alpha value is -3.78. The van der Waals surface area contributed by atoms with Crippen molar-refractivity contribution >= 4 is 34.3 Å². The van der Waals surface area contributed by atoms with Gasteiger partial charge in [0, 0.05) is 36.7 Å². The maximum absolute atomic E-state index is 12.0. The lowest BCUT2D eigenvalue weighted by Gasteiger charge is -1.99. The Morgan fingerprint density at radius 1 is 0.750 bits per heavy atom. The minimum atomic E-state index is 0.165. The van der Waals surface area contributed by atoms with Crippen LogP contribution in [-0.2, 0) is 22.5 Å². The van der Waals surface area contributed by atoms with Crippen molar-refractivity contribution in [3.8, 4) is 21.4 Å². The van der Waals surface area contributed by atoms with Crippen molar-refractivity contribution in [3.05, 3.63) is 50.8 Å². The number of rotatable bonds is 12. The van der Waals surface area contributed by atoms with E-state index < -0.39 is 0 Å². The SMILES string of the molecule is CNc1cncc(-c2nc(C)c(CCO[N+](=O)OCCc3sc(-c4cncc(NC)n4)nc3C)s2)n1. The minimum Gasteiger partial charge on any atom is -0.372 e. The van der Waals surface area contributed by atoms with Gasteiger partial charge in [0.25, 0.3) is 0 Å². The summed E-state index contributed by atoms with van der Waals surface area (Å²) < 4.78 is 0. The number of aryl methyl sites for hydroxylation is 2. The fourth-order valence-electron chi connectivity index (χ4n) is 3.18. The summed E-state index contributed by atoms with van der Waals surface area (Å²) in [6.45, 7) is 4.17. The number of nitrogens with zero attached hydrogens (tertiary/aromatic N) is 7. The van der Waals surface area contributed by atoms with Crippen LogP contribution >= 0.6 is 22.7 Å². The highest BCUT2D eigenvalue weighted by Crippen LogP contribution is 2.28. The summed E-state index contributed by atoms with van der Waals surface area (Å²) in [6.07, 6.45) is 7.69. The molecule has 2 N–H and O–H groups in total. The van der Waals surface area contributed by atoms with Gasteiger partial charge in [-0.1, -0.05) is 0 Å². The molecule has 0 saturated carbocycles. The van der Waals surface area contributed by atoms with Gasteiger partial charge in [-0.05, 0) is 13.8 Å². The molecule has 0 bridgehead atoms. The van der Waals surface area contributed by atoms with E-state index in [1.165, 1.54) is 22.7 Å². The third-order valence-electron chi connectivity index (χ3n) is 5.06. The molecule has 0 saturated heterocycles. The molecule has 4 aromatic rings. The molecule has 0 atom stereocenters. The lowest BCUT2D eigenvalue weighted by Crippen LogP contribution is -2.14. The van der Waals surface area contributed by atoms with Crippen molar-refractivity contribution < 1.29 is 14.8 Å². The highest BCUT2D eigenvalue weighted by molar-refractivity contribution is 7.15. The first-order valence-corrected chi connectivity index (χ1v) is 12.8. The Morgan fingerprint density at radius 2 is 1.19 bits per heavy atom. The second-order valence-corrected chi connectivity index (χ2v) is 9.69. The van der Waals surface area contributed by atoms with Crippen molar-refractivity contribution in [2.24, 2.45) is 0 Å². The van der Waals surface area contributed by atoms with Crippen LogP contribution in [0, 0.1) is 18.8 Å². The molecule has 4 rings (SSSR count). The number of aromatic nitrogens is 6. The smallest absolute Gasteiger partial charge is 0.372 e. The Labute approximate surface area is 215 Å². The highest BCUT2D eigenvalue weighted by atomic mass is 32.1. The average Bonchev–Trinajstić information content (AvgIpc) is 3.46. The van der Waals surface area contributed by atoms with E-state index >= 15 is 0 Å². The zero-order valence-electron chi connectivity index (χ0n) is 20.3. The lowest BCUT2D eigenvalue weighted by atomic mass is 10.3. The van der Waals surface area contributed by atoms with Crippen LogP contribution in [0.15, 0.2) is 24.8 Å². The van der Waals surface area contributed by atoms with Crippen molar-refractivity contribution in [3.63, 3.8) is 0 Å². The molecule has 0 amide bonds. The van der Waals surface area contributed by atoms with E-state index in [-0.39, 0.29) is 18.3 Å². The van der Waals surface area contributed by atoms with Gasteiger partial charge in [0.2, 0.25) is 0 Å². The topological polar surface area (TPSA) is 140 Å². The first-order valence-electron chi connectivity index (χ1n) is 11.1. The van der Waals surface area contributed by atoms with E-state index in [9.17, 15) is 4.91 Å². The Bertz CT molecular complexity index is 1240. The van der Waals surface area contributed by atoms with Gasteiger partial charge in [-0.15, -0.1) is 22.7 Å². The number of anilines is 2. The van der Waals surface area contributed by atoms with Crippen LogP contribution in [0.3, 0.4) is 0 Å². The first-order chi connectivity index (χ1) is 17.5. The van der Waals surface area contributed by atoms with Gasteiger partial charge in [0.15, 0.2) is 13.2 Å². The molecule has 0 aliphatic rings. The maximum atomic E-state index is 12.0. The molecular formula is C22H26N9O3S2+. The summed E-state index contributed by atoms with van der Waals surface area (Å²) in [5.74, 6) is 1.34. The van der Waals surface area contributed by atoms with E-state index in [4.69, 9.17) is 9.68 Å². The van der Waals surface area contributed by atoms with Gasteiger partial charge in [0.1, 0.15) is 37.9 Å².